The fourth-order valence-corrected chi connectivity index (χ4v) is 5.18. The maximum Gasteiger partial charge on any atom is 0.569 e. The Balaban J connectivity index is -0.00000112. The smallest absolute Gasteiger partial charge is 0.302 e. The van der Waals surface area contributed by atoms with Crippen LogP contribution >= 0.6 is 31.7 Å². The molecule has 0 spiro atoms. The van der Waals surface area contributed by atoms with Crippen LogP contribution in [-0.2, 0) is 35.7 Å². The average Bonchev–Trinajstić information content (AvgIpc) is 1.98. The molecule has 3 unspecified atom stereocenters. The molecular weight excluding hydrogens is 328 g/mol. The molecule has 13 heteroatoms. The van der Waals surface area contributed by atoms with Crippen molar-refractivity contribution >= 4 is 31.7 Å². The number of hydrogen-bond acceptors (Lipinski definition) is 8. The molecule has 9 nitrogen and oxygen atoms in total. The Morgan fingerprint density at radius 2 is 1.33 bits per heavy atom. The van der Waals surface area contributed by atoms with Crippen molar-refractivity contribution in [3.63, 3.8) is 0 Å². The second-order valence-electron chi connectivity index (χ2n) is 2.22. The van der Waals surface area contributed by atoms with Crippen molar-refractivity contribution in [3.05, 3.63) is 0 Å². The highest BCUT2D eigenvalue weighted by atomic mass is 31.3. The Labute approximate surface area is 108 Å². The van der Waals surface area contributed by atoms with Gasteiger partial charge in [-0.3, -0.25) is 4.52 Å². The van der Waals surface area contributed by atoms with Crippen molar-refractivity contribution in [2.75, 3.05) is 20.4 Å². The lowest BCUT2D eigenvalue weighted by Crippen LogP contribution is -1.93. The first kappa shape index (κ1) is 23.5. The fourth-order valence-electron chi connectivity index (χ4n) is 0.486. The first-order valence-electron chi connectivity index (χ1n) is 3.51. The summed E-state index contributed by atoms with van der Waals surface area (Å²) in [5.41, 5.74) is 0. The molecule has 0 amide bonds. The third-order valence-electron chi connectivity index (χ3n) is 0.864. The standard InChI is InChI=1S/C3H9O9P4.2CH4/c1-9-15(6,7)12-16(8,10-13(2)4)11-14(3)5;;/h1-3H3;2*1H4/q+1;;/p+1. The van der Waals surface area contributed by atoms with Crippen LogP contribution in [0, 0.1) is 0 Å². The van der Waals surface area contributed by atoms with Crippen molar-refractivity contribution in [1.29, 1.82) is 0 Å². The molecule has 3 atom stereocenters. The van der Waals surface area contributed by atoms with Crippen LogP contribution in [0.15, 0.2) is 0 Å². The molecule has 0 aromatic rings. The average molecular weight is 346 g/mol. The lowest BCUT2D eigenvalue weighted by molar-refractivity contribution is 0.214. The Bertz CT molecular complexity index is 359. The number of phosphoric ester groups is 1. The molecule has 0 fully saturated rings. The van der Waals surface area contributed by atoms with E-state index >= 15 is 0 Å². The first-order chi connectivity index (χ1) is 7.10. The minimum Gasteiger partial charge on any atom is -0.302 e. The molecule has 0 aromatic carbocycles. The molecule has 110 valence electrons. The van der Waals surface area contributed by atoms with E-state index < -0.39 is 31.7 Å². The zero-order valence-corrected chi connectivity index (χ0v) is 12.1. The molecule has 0 aliphatic carbocycles. The van der Waals surface area contributed by atoms with Gasteiger partial charge >= 0.3 is 31.7 Å². The third-order valence-corrected chi connectivity index (χ3v) is 6.39. The first-order valence-corrected chi connectivity index (χ1v) is 9.72. The second-order valence-corrected chi connectivity index (χ2v) is 8.14. The van der Waals surface area contributed by atoms with Crippen molar-refractivity contribution in [2.45, 2.75) is 14.9 Å². The van der Waals surface area contributed by atoms with Crippen LogP contribution in [0.5, 0.6) is 0 Å². The van der Waals surface area contributed by atoms with Gasteiger partial charge in [0, 0.05) is 7.11 Å². The largest absolute Gasteiger partial charge is 0.569 e. The normalized spacial score (nSPS) is 18.4. The molecule has 0 radical (unpaired) electrons. The van der Waals surface area contributed by atoms with Gasteiger partial charge in [0.05, 0.1) is 0 Å². The summed E-state index contributed by atoms with van der Waals surface area (Å²) in [5.74, 6) is 0. The molecular formula is C5H18O9P4+2. The summed E-state index contributed by atoms with van der Waals surface area (Å²) in [5, 5.41) is 0. The van der Waals surface area contributed by atoms with E-state index in [0.717, 1.165) is 20.4 Å². The summed E-state index contributed by atoms with van der Waals surface area (Å²) >= 11 is 0. The van der Waals surface area contributed by atoms with Gasteiger partial charge in [-0.1, -0.05) is 14.9 Å². The topological polar surface area (TPSA) is 125 Å². The third kappa shape index (κ3) is 10.4. The number of rotatable bonds is 7. The van der Waals surface area contributed by atoms with E-state index in [2.05, 4.69) is 17.5 Å². The van der Waals surface area contributed by atoms with Crippen molar-refractivity contribution < 1.29 is 40.6 Å². The molecule has 1 N–H and O–H groups in total. The van der Waals surface area contributed by atoms with E-state index in [9.17, 15) is 18.3 Å². The van der Waals surface area contributed by atoms with Crippen LogP contribution in [-0.4, -0.2) is 25.3 Å². The summed E-state index contributed by atoms with van der Waals surface area (Å²) in [6.07, 6.45) is 0. The predicted molar refractivity (Wildman–Crippen MR) is 68.2 cm³/mol. The quantitative estimate of drug-likeness (QED) is 0.683. The minimum atomic E-state index is -4.68. The van der Waals surface area contributed by atoms with Gasteiger partial charge in [-0.15, -0.1) is 0 Å². The molecule has 0 saturated heterocycles. The maximum atomic E-state index is 11.6. The Hall–Kier alpha value is 0.460. The molecule has 18 heavy (non-hydrogen) atoms. The second kappa shape index (κ2) is 9.38. The number of phosphoric acid groups is 2. The summed E-state index contributed by atoms with van der Waals surface area (Å²) in [4.78, 5) is 8.87. The van der Waals surface area contributed by atoms with Gasteiger partial charge in [0.15, 0.2) is 13.3 Å². The van der Waals surface area contributed by atoms with Crippen LogP contribution in [0.3, 0.4) is 0 Å². The molecule has 0 aliphatic heterocycles. The van der Waals surface area contributed by atoms with Gasteiger partial charge in [-0.05, 0) is 17.8 Å². The molecule has 0 bridgehead atoms. The zero-order chi connectivity index (χ0) is 13.0. The van der Waals surface area contributed by atoms with Gasteiger partial charge in [0.1, 0.15) is 0 Å². The van der Waals surface area contributed by atoms with E-state index in [1.54, 1.807) is 0 Å². The van der Waals surface area contributed by atoms with Crippen LogP contribution in [0.4, 0.5) is 0 Å². The van der Waals surface area contributed by atoms with Crippen LogP contribution in [0.1, 0.15) is 14.9 Å². The molecule has 0 aliphatic rings. The molecule has 0 heterocycles. The van der Waals surface area contributed by atoms with Crippen LogP contribution in [0.25, 0.3) is 0 Å². The maximum absolute atomic E-state index is 11.6. The highest BCUT2D eigenvalue weighted by Crippen LogP contribution is 2.68. The van der Waals surface area contributed by atoms with Gasteiger partial charge < -0.3 is 4.89 Å². The lowest BCUT2D eigenvalue weighted by Gasteiger charge is -2.09. The van der Waals surface area contributed by atoms with Gasteiger partial charge in [0.25, 0.3) is 0 Å². The van der Waals surface area contributed by atoms with E-state index in [-0.39, 0.29) is 14.9 Å². The summed E-state index contributed by atoms with van der Waals surface area (Å²) in [6.45, 7) is 2.01. The van der Waals surface area contributed by atoms with Crippen LogP contribution in [0.2, 0.25) is 0 Å². The van der Waals surface area contributed by atoms with Crippen molar-refractivity contribution in [3.8, 4) is 0 Å². The lowest BCUT2D eigenvalue weighted by atomic mass is 11.8. The van der Waals surface area contributed by atoms with Crippen molar-refractivity contribution in [1.82, 2.24) is 0 Å². The predicted octanol–water partition coefficient (Wildman–Crippen LogP) is 3.91. The molecule has 0 saturated carbocycles. The van der Waals surface area contributed by atoms with Crippen molar-refractivity contribution in [2.24, 2.45) is 0 Å². The summed E-state index contributed by atoms with van der Waals surface area (Å²) < 4.78 is 60.3. The van der Waals surface area contributed by atoms with E-state index in [1.807, 2.05) is 0 Å². The Kier molecular flexibility index (Phi) is 12.3. The van der Waals surface area contributed by atoms with Gasteiger partial charge in [0.2, 0.25) is 0 Å². The van der Waals surface area contributed by atoms with E-state index in [0.29, 0.717) is 0 Å². The van der Waals surface area contributed by atoms with E-state index in [1.165, 1.54) is 0 Å². The zero-order valence-electron chi connectivity index (χ0n) is 8.50. The Morgan fingerprint density at radius 1 is 1.00 bits per heavy atom. The molecule has 0 aromatic heterocycles. The van der Waals surface area contributed by atoms with Crippen LogP contribution < -0.4 is 0 Å². The monoisotopic (exact) mass is 346 g/mol. The highest BCUT2D eigenvalue weighted by Gasteiger charge is 2.49. The van der Waals surface area contributed by atoms with Gasteiger partial charge in [-0.2, -0.15) is 4.31 Å². The van der Waals surface area contributed by atoms with Gasteiger partial charge in [-0.25, -0.2) is 9.13 Å². The van der Waals surface area contributed by atoms with E-state index in [4.69, 9.17) is 4.89 Å². The highest BCUT2D eigenvalue weighted by molar-refractivity contribution is 7.69. The summed E-state index contributed by atoms with van der Waals surface area (Å²) in [6, 6.07) is 0. The molecule has 0 rings (SSSR count). The Morgan fingerprint density at radius 3 is 1.56 bits per heavy atom. The SMILES string of the molecule is C.C.COP(=O)(O)OP(=O)(O[P+](C)=O)O[P+](C)=O. The minimum absolute atomic E-state index is 0. The summed E-state index contributed by atoms with van der Waals surface area (Å²) in [7, 11) is -13.5. The number of hydrogen-bond donors (Lipinski definition) is 1. The fraction of sp³-hybridized carbons (Fsp3) is 1.00.